The summed E-state index contributed by atoms with van der Waals surface area (Å²) in [6.45, 7) is -0.0420. The number of aryl methyl sites for hydroxylation is 1. The molecule has 0 aliphatic carbocycles. The Morgan fingerprint density at radius 1 is 1.44 bits per heavy atom. The zero-order chi connectivity index (χ0) is 13.3. The van der Waals surface area contributed by atoms with Crippen molar-refractivity contribution in [2.45, 2.75) is 6.54 Å². The molecule has 1 heterocycles. The van der Waals surface area contributed by atoms with Crippen LogP contribution < -0.4 is 5.14 Å². The second kappa shape index (κ2) is 4.35. The molecule has 0 saturated carbocycles. The third-order valence-electron chi connectivity index (χ3n) is 2.35. The van der Waals surface area contributed by atoms with Crippen LogP contribution in [0.5, 0.6) is 0 Å². The largest absolute Gasteiger partial charge is 0.478 e. The molecule has 0 bridgehead atoms. The summed E-state index contributed by atoms with van der Waals surface area (Å²) < 4.78 is 23.0. The summed E-state index contributed by atoms with van der Waals surface area (Å²) in [7, 11) is -3.64. The van der Waals surface area contributed by atoms with Crippen molar-refractivity contribution in [2.24, 2.45) is 5.14 Å². The second-order valence-corrected chi connectivity index (χ2v) is 5.39. The van der Waals surface area contributed by atoms with E-state index in [1.54, 1.807) is 12.1 Å². The van der Waals surface area contributed by atoms with Crippen LogP contribution in [0.15, 0.2) is 18.2 Å². The minimum Gasteiger partial charge on any atom is -0.478 e. The summed E-state index contributed by atoms with van der Waals surface area (Å²) in [5.41, 5.74) is 0.699. The van der Waals surface area contributed by atoms with Gasteiger partial charge in [-0.2, -0.15) is 0 Å². The van der Waals surface area contributed by atoms with E-state index in [0.29, 0.717) is 5.52 Å². The van der Waals surface area contributed by atoms with Crippen LogP contribution in [0.3, 0.4) is 0 Å². The second-order valence-electron chi connectivity index (χ2n) is 3.66. The van der Waals surface area contributed by atoms with E-state index in [2.05, 4.69) is 10.3 Å². The molecule has 1 aromatic carbocycles. The van der Waals surface area contributed by atoms with Gasteiger partial charge in [0.25, 0.3) is 0 Å². The highest BCUT2D eigenvalue weighted by molar-refractivity contribution is 7.89. The molecule has 2 aromatic rings. The molecule has 9 heteroatoms. The smallest absolute Gasteiger partial charge is 0.337 e. The van der Waals surface area contributed by atoms with Crippen LogP contribution >= 0.6 is 0 Å². The van der Waals surface area contributed by atoms with Crippen molar-refractivity contribution in [3.63, 3.8) is 0 Å². The Kier molecular flexibility index (Phi) is 3.01. The number of hydrogen-bond donors (Lipinski definition) is 2. The highest BCUT2D eigenvalue weighted by Gasteiger charge is 2.15. The van der Waals surface area contributed by atoms with Gasteiger partial charge >= 0.3 is 5.97 Å². The first-order valence-electron chi connectivity index (χ1n) is 4.94. The number of nitrogens with zero attached hydrogens (tertiary/aromatic N) is 3. The van der Waals surface area contributed by atoms with Gasteiger partial charge < -0.3 is 5.11 Å². The normalized spacial score (nSPS) is 11.8. The van der Waals surface area contributed by atoms with Crippen molar-refractivity contribution in [3.8, 4) is 0 Å². The van der Waals surface area contributed by atoms with Crippen LogP contribution in [0.4, 0.5) is 0 Å². The standard InChI is InChI=1S/C9H10N4O4S/c10-18(16,17)5-4-13-8-6(9(14)15)2-1-3-7(8)11-12-13/h1-3H,4-5H2,(H,14,15)(H2,10,16,17). The van der Waals surface area contributed by atoms with Crippen molar-refractivity contribution < 1.29 is 18.3 Å². The van der Waals surface area contributed by atoms with Crippen LogP contribution in [-0.4, -0.2) is 40.2 Å². The first-order chi connectivity index (χ1) is 8.38. The monoisotopic (exact) mass is 270 g/mol. The number of fused-ring (bicyclic) bond motifs is 1. The van der Waals surface area contributed by atoms with Crippen LogP contribution in [0.2, 0.25) is 0 Å². The average molecular weight is 270 g/mol. The SMILES string of the molecule is NS(=O)(=O)CCn1nnc2cccc(C(=O)O)c21. The molecule has 0 aliphatic rings. The predicted octanol–water partition coefficient (Wildman–Crippen LogP) is -0.582. The van der Waals surface area contributed by atoms with Crippen LogP contribution in [-0.2, 0) is 16.6 Å². The molecule has 0 aliphatic heterocycles. The molecular formula is C9H10N4O4S. The van der Waals surface area contributed by atoms with Gasteiger partial charge in [0.05, 0.1) is 17.9 Å². The lowest BCUT2D eigenvalue weighted by Gasteiger charge is -2.03. The van der Waals surface area contributed by atoms with Gasteiger partial charge in [0.15, 0.2) is 0 Å². The van der Waals surface area contributed by atoms with Crippen molar-refractivity contribution in [1.29, 1.82) is 0 Å². The fraction of sp³-hybridized carbons (Fsp3) is 0.222. The number of aromatic carboxylic acids is 1. The van der Waals surface area contributed by atoms with Crippen molar-refractivity contribution >= 4 is 27.0 Å². The van der Waals surface area contributed by atoms with Gasteiger partial charge in [-0.15, -0.1) is 5.10 Å². The maximum atomic E-state index is 11.1. The van der Waals surface area contributed by atoms with Gasteiger partial charge in [0.1, 0.15) is 11.0 Å². The van der Waals surface area contributed by atoms with Crippen LogP contribution in [0.25, 0.3) is 11.0 Å². The Bertz CT molecular complexity index is 706. The van der Waals surface area contributed by atoms with Crippen LogP contribution in [0.1, 0.15) is 10.4 Å². The highest BCUT2D eigenvalue weighted by atomic mass is 32.2. The fourth-order valence-corrected chi connectivity index (χ4v) is 2.00. The summed E-state index contributed by atoms with van der Waals surface area (Å²) in [5, 5.41) is 21.4. The lowest BCUT2D eigenvalue weighted by molar-refractivity contribution is 0.0698. The molecule has 8 nitrogen and oxygen atoms in total. The molecule has 96 valence electrons. The first-order valence-corrected chi connectivity index (χ1v) is 6.66. The van der Waals surface area contributed by atoms with E-state index < -0.39 is 16.0 Å². The van der Waals surface area contributed by atoms with E-state index in [0.717, 1.165) is 0 Å². The van der Waals surface area contributed by atoms with Gasteiger partial charge in [-0.3, -0.25) is 0 Å². The van der Waals surface area contributed by atoms with E-state index in [1.807, 2.05) is 0 Å². The van der Waals surface area contributed by atoms with Gasteiger partial charge in [0.2, 0.25) is 10.0 Å². The summed E-state index contributed by atoms with van der Waals surface area (Å²) >= 11 is 0. The number of aromatic nitrogens is 3. The molecule has 0 amide bonds. The third kappa shape index (κ3) is 2.46. The molecule has 18 heavy (non-hydrogen) atoms. The molecule has 0 atom stereocenters. The summed E-state index contributed by atoms with van der Waals surface area (Å²) in [6, 6.07) is 4.55. The zero-order valence-corrected chi connectivity index (χ0v) is 9.96. The quantitative estimate of drug-likeness (QED) is 0.764. The first kappa shape index (κ1) is 12.5. The van der Waals surface area contributed by atoms with Gasteiger partial charge in [-0.05, 0) is 12.1 Å². The number of carboxylic acid groups (broad SMARTS) is 1. The van der Waals surface area contributed by atoms with E-state index in [4.69, 9.17) is 10.2 Å². The Morgan fingerprint density at radius 3 is 2.78 bits per heavy atom. The summed E-state index contributed by atoms with van der Waals surface area (Å²) in [6.07, 6.45) is 0. The molecule has 0 fully saturated rings. The lowest BCUT2D eigenvalue weighted by atomic mass is 10.2. The van der Waals surface area contributed by atoms with Crippen molar-refractivity contribution in [3.05, 3.63) is 23.8 Å². The zero-order valence-electron chi connectivity index (χ0n) is 9.15. The molecular weight excluding hydrogens is 260 g/mol. The molecule has 0 saturated heterocycles. The molecule has 1 aromatic heterocycles. The number of primary sulfonamides is 1. The van der Waals surface area contributed by atoms with E-state index >= 15 is 0 Å². The Hall–Kier alpha value is -2.00. The predicted molar refractivity (Wildman–Crippen MR) is 62.5 cm³/mol. The Balaban J connectivity index is 2.49. The summed E-state index contributed by atoms with van der Waals surface area (Å²) in [4.78, 5) is 11.1. The molecule has 0 unspecified atom stereocenters. The van der Waals surface area contributed by atoms with E-state index in [9.17, 15) is 13.2 Å². The Morgan fingerprint density at radius 2 is 2.17 bits per heavy atom. The highest BCUT2D eigenvalue weighted by Crippen LogP contribution is 2.16. The molecule has 0 spiro atoms. The molecule has 2 rings (SSSR count). The number of hydrogen-bond acceptors (Lipinski definition) is 5. The van der Waals surface area contributed by atoms with E-state index in [-0.39, 0.29) is 23.4 Å². The van der Waals surface area contributed by atoms with Crippen LogP contribution in [0, 0.1) is 0 Å². The molecule has 0 radical (unpaired) electrons. The topological polar surface area (TPSA) is 128 Å². The maximum absolute atomic E-state index is 11.1. The number of benzene rings is 1. The third-order valence-corrected chi connectivity index (χ3v) is 3.10. The Labute approximate surface area is 102 Å². The molecule has 3 N–H and O–H groups in total. The maximum Gasteiger partial charge on any atom is 0.337 e. The number of para-hydroxylation sites is 1. The summed E-state index contributed by atoms with van der Waals surface area (Å²) in [5.74, 6) is -1.46. The minimum absolute atomic E-state index is 0.0203. The average Bonchev–Trinajstić information content (AvgIpc) is 2.68. The van der Waals surface area contributed by atoms with E-state index in [1.165, 1.54) is 10.7 Å². The van der Waals surface area contributed by atoms with Gasteiger partial charge in [-0.1, -0.05) is 11.3 Å². The number of nitrogens with two attached hydrogens (primary N) is 1. The van der Waals surface area contributed by atoms with Crippen molar-refractivity contribution in [1.82, 2.24) is 15.0 Å². The fourth-order valence-electron chi connectivity index (χ4n) is 1.57. The minimum atomic E-state index is -3.64. The number of sulfonamides is 1. The van der Waals surface area contributed by atoms with Gasteiger partial charge in [0, 0.05) is 0 Å². The number of carbonyl (C=O) groups is 1. The number of rotatable bonds is 4. The van der Waals surface area contributed by atoms with Crippen molar-refractivity contribution in [2.75, 3.05) is 5.75 Å². The lowest BCUT2D eigenvalue weighted by Crippen LogP contribution is -2.21. The number of carboxylic acids is 1. The van der Waals surface area contributed by atoms with Gasteiger partial charge in [-0.25, -0.2) is 23.0 Å².